The van der Waals surface area contributed by atoms with Crippen LogP contribution in [0.5, 0.6) is 0 Å². The molecule has 0 spiro atoms. The summed E-state index contributed by atoms with van der Waals surface area (Å²) >= 11 is 0. The van der Waals surface area contributed by atoms with Crippen LogP contribution in [0.3, 0.4) is 0 Å². The fourth-order valence-electron chi connectivity index (χ4n) is 3.47. The molecule has 0 bridgehead atoms. The van der Waals surface area contributed by atoms with Crippen molar-refractivity contribution < 1.29 is 19.1 Å². The molecule has 1 aliphatic carbocycles. The van der Waals surface area contributed by atoms with Crippen molar-refractivity contribution in [1.29, 1.82) is 0 Å². The summed E-state index contributed by atoms with van der Waals surface area (Å²) in [5.41, 5.74) is -1.03. The maximum absolute atomic E-state index is 12.2. The van der Waals surface area contributed by atoms with Crippen LogP contribution in [-0.2, 0) is 19.1 Å². The monoisotopic (exact) mass is 240 g/mol. The Bertz CT molecular complexity index is 338. The van der Waals surface area contributed by atoms with Gasteiger partial charge in [0.05, 0.1) is 13.2 Å². The topological polar surface area (TPSA) is 52.6 Å². The van der Waals surface area contributed by atoms with E-state index in [-0.39, 0.29) is 29.7 Å². The number of hydrogen-bond donors (Lipinski definition) is 0. The Morgan fingerprint density at radius 3 is 2.82 bits per heavy atom. The third-order valence-electron chi connectivity index (χ3n) is 4.39. The first-order valence-electron chi connectivity index (χ1n) is 6.39. The molecule has 96 valence electrons. The predicted octanol–water partition coefficient (Wildman–Crippen LogP) is 1.77. The summed E-state index contributed by atoms with van der Waals surface area (Å²) in [6, 6.07) is 0. The molecule has 0 aromatic carbocycles. The molecular weight excluding hydrogens is 220 g/mol. The quantitative estimate of drug-likeness (QED) is 0.545. The van der Waals surface area contributed by atoms with Gasteiger partial charge in [-0.15, -0.1) is 0 Å². The summed E-state index contributed by atoms with van der Waals surface area (Å²) in [6.07, 6.45) is 1.80. The van der Waals surface area contributed by atoms with Crippen molar-refractivity contribution in [2.24, 2.45) is 23.2 Å². The molecule has 1 saturated heterocycles. The maximum atomic E-state index is 12.2. The molecule has 17 heavy (non-hydrogen) atoms. The van der Waals surface area contributed by atoms with Gasteiger partial charge in [0.1, 0.15) is 0 Å². The molecule has 0 N–H and O–H groups in total. The molecule has 4 nitrogen and oxygen atoms in total. The summed E-state index contributed by atoms with van der Waals surface area (Å²) in [4.78, 5) is 24.4. The Morgan fingerprint density at radius 1 is 1.47 bits per heavy atom. The number of carbonyl (C=O) groups is 2. The maximum Gasteiger partial charge on any atom is 0.324 e. The van der Waals surface area contributed by atoms with Gasteiger partial charge in [-0.25, -0.2) is 0 Å². The fraction of sp³-hybridized carbons (Fsp3) is 0.846. The molecule has 0 aromatic rings. The number of ether oxygens (including phenoxy) is 2. The van der Waals surface area contributed by atoms with Crippen LogP contribution in [0.25, 0.3) is 0 Å². The molecule has 0 aromatic heterocycles. The molecule has 0 unspecified atom stereocenters. The molecular formula is C13H20O4. The lowest BCUT2D eigenvalue weighted by molar-refractivity contribution is -0.190. The molecule has 1 saturated carbocycles. The van der Waals surface area contributed by atoms with Gasteiger partial charge >= 0.3 is 11.9 Å². The summed E-state index contributed by atoms with van der Waals surface area (Å²) in [5.74, 6) is -0.419. The number of hydrogen-bond acceptors (Lipinski definition) is 4. The summed E-state index contributed by atoms with van der Waals surface area (Å²) in [7, 11) is 0. The minimum atomic E-state index is -1.03. The number of carbonyl (C=O) groups excluding carboxylic acids is 2. The van der Waals surface area contributed by atoms with Crippen LogP contribution in [0.2, 0.25) is 0 Å². The lowest BCUT2D eigenvalue weighted by atomic mass is 9.67. The summed E-state index contributed by atoms with van der Waals surface area (Å²) < 4.78 is 10.3. The Kier molecular flexibility index (Phi) is 3.15. The molecule has 2 aliphatic rings. The van der Waals surface area contributed by atoms with Gasteiger partial charge < -0.3 is 9.47 Å². The van der Waals surface area contributed by atoms with E-state index in [0.717, 1.165) is 12.8 Å². The van der Waals surface area contributed by atoms with Crippen LogP contribution in [0.15, 0.2) is 0 Å². The highest BCUT2D eigenvalue weighted by atomic mass is 16.6. The van der Waals surface area contributed by atoms with Crippen molar-refractivity contribution in [2.75, 3.05) is 13.2 Å². The second-order valence-corrected chi connectivity index (χ2v) is 5.25. The van der Waals surface area contributed by atoms with E-state index >= 15 is 0 Å². The fourth-order valence-corrected chi connectivity index (χ4v) is 3.47. The van der Waals surface area contributed by atoms with Gasteiger partial charge in [0, 0.05) is 0 Å². The highest BCUT2D eigenvalue weighted by Crippen LogP contribution is 2.54. The first kappa shape index (κ1) is 12.4. The molecule has 0 amide bonds. The Balaban J connectivity index is 2.40. The normalized spacial score (nSPS) is 40.6. The second kappa shape index (κ2) is 4.31. The van der Waals surface area contributed by atoms with Crippen molar-refractivity contribution in [2.45, 2.75) is 33.6 Å². The molecule has 4 heteroatoms. The van der Waals surface area contributed by atoms with Gasteiger partial charge in [-0.05, 0) is 37.5 Å². The van der Waals surface area contributed by atoms with E-state index in [1.54, 1.807) is 6.92 Å². The van der Waals surface area contributed by atoms with E-state index in [0.29, 0.717) is 13.2 Å². The van der Waals surface area contributed by atoms with Crippen molar-refractivity contribution in [3.8, 4) is 0 Å². The SMILES string of the molecule is CCOC(=O)[C@]12C(=O)OC[C@@H](C)[C@H]1CC[C@@H]2C. The van der Waals surface area contributed by atoms with Crippen LogP contribution >= 0.6 is 0 Å². The third kappa shape index (κ3) is 1.57. The smallest absolute Gasteiger partial charge is 0.324 e. The molecule has 1 heterocycles. The van der Waals surface area contributed by atoms with Crippen LogP contribution in [0.4, 0.5) is 0 Å². The van der Waals surface area contributed by atoms with Gasteiger partial charge in [-0.1, -0.05) is 13.8 Å². The number of rotatable bonds is 2. The Labute approximate surface area is 102 Å². The molecule has 0 radical (unpaired) electrons. The first-order valence-corrected chi connectivity index (χ1v) is 6.39. The van der Waals surface area contributed by atoms with Gasteiger partial charge in [-0.3, -0.25) is 9.59 Å². The van der Waals surface area contributed by atoms with E-state index in [1.807, 2.05) is 13.8 Å². The average molecular weight is 240 g/mol. The molecule has 2 fully saturated rings. The summed E-state index contributed by atoms with van der Waals surface area (Å²) in [6.45, 7) is 6.50. The third-order valence-corrected chi connectivity index (χ3v) is 4.39. The van der Waals surface area contributed by atoms with Gasteiger partial charge in [-0.2, -0.15) is 0 Å². The van der Waals surface area contributed by atoms with E-state index in [1.165, 1.54) is 0 Å². The molecule has 1 aliphatic heterocycles. The largest absolute Gasteiger partial charge is 0.465 e. The highest BCUT2D eigenvalue weighted by Gasteiger charge is 2.64. The highest BCUT2D eigenvalue weighted by molar-refractivity contribution is 6.01. The minimum absolute atomic E-state index is 0.0156. The van der Waals surface area contributed by atoms with Crippen LogP contribution in [0.1, 0.15) is 33.6 Å². The predicted molar refractivity (Wildman–Crippen MR) is 61.1 cm³/mol. The van der Waals surface area contributed by atoms with Gasteiger partial charge in [0.25, 0.3) is 0 Å². The first-order chi connectivity index (χ1) is 8.05. The van der Waals surface area contributed by atoms with Crippen molar-refractivity contribution in [3.05, 3.63) is 0 Å². The Morgan fingerprint density at radius 2 is 2.18 bits per heavy atom. The standard InChI is InChI=1S/C13H20O4/c1-4-16-11(14)13-9(3)5-6-10(13)8(2)7-17-12(13)15/h8-10H,4-7H2,1-3H3/t8-,9+,10-,13-/m1/s1. The zero-order valence-electron chi connectivity index (χ0n) is 10.7. The van der Waals surface area contributed by atoms with Crippen molar-refractivity contribution in [3.63, 3.8) is 0 Å². The number of esters is 2. The van der Waals surface area contributed by atoms with Crippen molar-refractivity contribution >= 4 is 11.9 Å². The van der Waals surface area contributed by atoms with E-state index in [9.17, 15) is 9.59 Å². The molecule has 2 rings (SSSR count). The minimum Gasteiger partial charge on any atom is -0.465 e. The van der Waals surface area contributed by atoms with Crippen molar-refractivity contribution in [1.82, 2.24) is 0 Å². The van der Waals surface area contributed by atoms with Crippen LogP contribution < -0.4 is 0 Å². The van der Waals surface area contributed by atoms with E-state index in [4.69, 9.17) is 9.47 Å². The van der Waals surface area contributed by atoms with E-state index < -0.39 is 5.41 Å². The molecule has 4 atom stereocenters. The second-order valence-electron chi connectivity index (χ2n) is 5.25. The Hall–Kier alpha value is -1.06. The lowest BCUT2D eigenvalue weighted by Gasteiger charge is -2.40. The number of fused-ring (bicyclic) bond motifs is 1. The van der Waals surface area contributed by atoms with Gasteiger partial charge in [0.15, 0.2) is 5.41 Å². The zero-order chi connectivity index (χ0) is 12.6. The average Bonchev–Trinajstić information content (AvgIpc) is 2.64. The van der Waals surface area contributed by atoms with E-state index in [2.05, 4.69) is 0 Å². The lowest BCUT2D eigenvalue weighted by Crippen LogP contribution is -2.54. The van der Waals surface area contributed by atoms with Crippen LogP contribution in [-0.4, -0.2) is 25.2 Å². The van der Waals surface area contributed by atoms with Gasteiger partial charge in [0.2, 0.25) is 0 Å². The number of cyclic esters (lactones) is 1. The van der Waals surface area contributed by atoms with Crippen LogP contribution in [0, 0.1) is 23.2 Å². The zero-order valence-corrected chi connectivity index (χ0v) is 10.7. The summed E-state index contributed by atoms with van der Waals surface area (Å²) in [5, 5.41) is 0.